The van der Waals surface area contributed by atoms with Gasteiger partial charge in [0.15, 0.2) is 0 Å². The summed E-state index contributed by atoms with van der Waals surface area (Å²) in [4.78, 5) is 12.1. The summed E-state index contributed by atoms with van der Waals surface area (Å²) < 4.78 is 31.6. The minimum absolute atomic E-state index is 0.291. The van der Waals surface area contributed by atoms with Gasteiger partial charge in [0, 0.05) is 6.54 Å². The average molecular weight is 309 g/mol. The Kier molecular flexibility index (Phi) is 3.75. The molecule has 1 heterocycles. The first-order chi connectivity index (χ1) is 10.0. The van der Waals surface area contributed by atoms with Gasteiger partial charge in [0.05, 0.1) is 12.0 Å². The lowest BCUT2D eigenvalue weighted by Gasteiger charge is -2.22. The first-order valence-corrected chi connectivity index (χ1v) is 8.69. The van der Waals surface area contributed by atoms with Crippen LogP contribution in [0.1, 0.15) is 30.4 Å². The minimum Gasteiger partial charge on any atom is -0.468 e. The van der Waals surface area contributed by atoms with Crippen LogP contribution >= 0.6 is 0 Å². The Morgan fingerprint density at radius 2 is 2.00 bits per heavy atom. The van der Waals surface area contributed by atoms with E-state index in [9.17, 15) is 13.2 Å². The van der Waals surface area contributed by atoms with Crippen LogP contribution < -0.4 is 0 Å². The van der Waals surface area contributed by atoms with E-state index in [1.54, 1.807) is 12.1 Å². The molecular weight excluding hydrogens is 290 g/mol. The van der Waals surface area contributed by atoms with Crippen LogP contribution in [0, 0.1) is 0 Å². The average Bonchev–Trinajstić information content (AvgIpc) is 3.14. The SMILES string of the molecule is COC(=O)C1CCCN1S(=O)(=O)c1ccc2c(c1)CCC2. The Hall–Kier alpha value is -1.40. The zero-order chi connectivity index (χ0) is 15.0. The molecule has 1 atom stereocenters. The molecule has 0 radical (unpaired) electrons. The van der Waals surface area contributed by atoms with Crippen molar-refractivity contribution in [1.29, 1.82) is 0 Å². The molecule has 1 aliphatic heterocycles. The van der Waals surface area contributed by atoms with Gasteiger partial charge < -0.3 is 4.74 Å². The Morgan fingerprint density at radius 1 is 1.24 bits per heavy atom. The van der Waals surface area contributed by atoms with Crippen molar-refractivity contribution in [3.63, 3.8) is 0 Å². The van der Waals surface area contributed by atoms with Crippen LogP contribution in [0.4, 0.5) is 0 Å². The number of sulfonamides is 1. The predicted molar refractivity (Wildman–Crippen MR) is 77.4 cm³/mol. The normalized spacial score (nSPS) is 22.2. The molecule has 1 aromatic rings. The molecular formula is C15H19NO4S. The van der Waals surface area contributed by atoms with Crippen LogP contribution in [0.25, 0.3) is 0 Å². The highest BCUT2D eigenvalue weighted by Gasteiger charge is 2.40. The van der Waals surface area contributed by atoms with Crippen molar-refractivity contribution in [2.75, 3.05) is 13.7 Å². The molecule has 0 amide bonds. The van der Waals surface area contributed by atoms with E-state index >= 15 is 0 Å². The number of esters is 1. The molecule has 1 fully saturated rings. The molecule has 0 N–H and O–H groups in total. The van der Waals surface area contributed by atoms with E-state index in [0.29, 0.717) is 24.3 Å². The molecule has 0 bridgehead atoms. The summed E-state index contributed by atoms with van der Waals surface area (Å²) in [5.74, 6) is -0.475. The Morgan fingerprint density at radius 3 is 2.76 bits per heavy atom. The van der Waals surface area contributed by atoms with Crippen LogP contribution in [-0.2, 0) is 32.4 Å². The molecule has 1 aromatic carbocycles. The monoisotopic (exact) mass is 309 g/mol. The molecule has 21 heavy (non-hydrogen) atoms. The quantitative estimate of drug-likeness (QED) is 0.794. The number of carbonyl (C=O) groups excluding carboxylic acids is 1. The molecule has 0 saturated carbocycles. The largest absolute Gasteiger partial charge is 0.468 e. The van der Waals surface area contributed by atoms with E-state index in [1.165, 1.54) is 17.0 Å². The van der Waals surface area contributed by atoms with Gasteiger partial charge in [-0.3, -0.25) is 4.79 Å². The van der Waals surface area contributed by atoms with E-state index in [1.807, 2.05) is 6.07 Å². The number of hydrogen-bond donors (Lipinski definition) is 0. The van der Waals surface area contributed by atoms with E-state index < -0.39 is 22.0 Å². The fourth-order valence-corrected chi connectivity index (χ4v) is 4.94. The van der Waals surface area contributed by atoms with Crippen LogP contribution in [0.3, 0.4) is 0 Å². The molecule has 1 unspecified atom stereocenters. The molecule has 114 valence electrons. The topological polar surface area (TPSA) is 63.7 Å². The van der Waals surface area contributed by atoms with Gasteiger partial charge in [-0.2, -0.15) is 4.31 Å². The molecule has 3 rings (SSSR count). The second-order valence-electron chi connectivity index (χ2n) is 5.58. The highest BCUT2D eigenvalue weighted by atomic mass is 32.2. The van der Waals surface area contributed by atoms with Crippen LogP contribution in [0.5, 0.6) is 0 Å². The Labute approximate surface area is 124 Å². The third-order valence-corrected chi connectivity index (χ3v) is 6.26. The number of hydrogen-bond acceptors (Lipinski definition) is 4. The molecule has 2 aliphatic rings. The van der Waals surface area contributed by atoms with E-state index in [0.717, 1.165) is 24.8 Å². The van der Waals surface area contributed by atoms with Crippen molar-refractivity contribution in [2.24, 2.45) is 0 Å². The van der Waals surface area contributed by atoms with E-state index in [4.69, 9.17) is 4.74 Å². The zero-order valence-corrected chi connectivity index (χ0v) is 12.9. The summed E-state index contributed by atoms with van der Waals surface area (Å²) in [5, 5.41) is 0. The van der Waals surface area contributed by atoms with Gasteiger partial charge in [-0.05, 0) is 55.4 Å². The van der Waals surface area contributed by atoms with Crippen molar-refractivity contribution in [1.82, 2.24) is 4.31 Å². The van der Waals surface area contributed by atoms with Gasteiger partial charge in [-0.15, -0.1) is 0 Å². The molecule has 1 aliphatic carbocycles. The van der Waals surface area contributed by atoms with Crippen molar-refractivity contribution in [3.8, 4) is 0 Å². The summed E-state index contributed by atoms with van der Waals surface area (Å²) in [5.41, 5.74) is 2.35. The lowest BCUT2D eigenvalue weighted by Crippen LogP contribution is -2.41. The van der Waals surface area contributed by atoms with Gasteiger partial charge in [0.2, 0.25) is 10.0 Å². The lowest BCUT2D eigenvalue weighted by molar-refractivity contribution is -0.144. The number of ether oxygens (including phenoxy) is 1. The third-order valence-electron chi connectivity index (χ3n) is 4.35. The second-order valence-corrected chi connectivity index (χ2v) is 7.47. The Bertz CT molecular complexity index is 668. The molecule has 5 nitrogen and oxygen atoms in total. The van der Waals surface area contributed by atoms with Crippen LogP contribution in [-0.4, -0.2) is 38.4 Å². The lowest BCUT2D eigenvalue weighted by atomic mass is 10.1. The summed E-state index contributed by atoms with van der Waals surface area (Å²) in [6.07, 6.45) is 4.23. The maximum absolute atomic E-state index is 12.8. The van der Waals surface area contributed by atoms with Gasteiger partial charge in [-0.25, -0.2) is 8.42 Å². The number of benzene rings is 1. The number of nitrogens with zero attached hydrogens (tertiary/aromatic N) is 1. The van der Waals surface area contributed by atoms with Crippen molar-refractivity contribution in [3.05, 3.63) is 29.3 Å². The Balaban J connectivity index is 1.94. The van der Waals surface area contributed by atoms with Crippen molar-refractivity contribution >= 4 is 16.0 Å². The maximum Gasteiger partial charge on any atom is 0.324 e. The van der Waals surface area contributed by atoms with Crippen molar-refractivity contribution < 1.29 is 17.9 Å². The summed E-state index contributed by atoms with van der Waals surface area (Å²) in [7, 11) is -2.34. The minimum atomic E-state index is -3.63. The summed E-state index contributed by atoms with van der Waals surface area (Å²) in [6.45, 7) is 0.374. The van der Waals surface area contributed by atoms with Gasteiger partial charge >= 0.3 is 5.97 Å². The van der Waals surface area contributed by atoms with Crippen LogP contribution in [0.2, 0.25) is 0 Å². The fraction of sp³-hybridized carbons (Fsp3) is 0.533. The second kappa shape index (κ2) is 5.42. The summed E-state index contributed by atoms with van der Waals surface area (Å²) in [6, 6.07) is 4.64. The van der Waals surface area contributed by atoms with E-state index in [-0.39, 0.29) is 0 Å². The zero-order valence-electron chi connectivity index (χ0n) is 12.0. The number of methoxy groups -OCH3 is 1. The van der Waals surface area contributed by atoms with Gasteiger partial charge in [-0.1, -0.05) is 6.07 Å². The maximum atomic E-state index is 12.8. The number of fused-ring (bicyclic) bond motifs is 1. The highest BCUT2D eigenvalue weighted by molar-refractivity contribution is 7.89. The number of carbonyl (C=O) groups is 1. The first kappa shape index (κ1) is 14.5. The number of rotatable bonds is 3. The third kappa shape index (κ3) is 2.46. The molecule has 1 saturated heterocycles. The van der Waals surface area contributed by atoms with Crippen LogP contribution in [0.15, 0.2) is 23.1 Å². The summed E-state index contributed by atoms with van der Waals surface area (Å²) >= 11 is 0. The highest BCUT2D eigenvalue weighted by Crippen LogP contribution is 2.30. The predicted octanol–water partition coefficient (Wildman–Crippen LogP) is 1.50. The molecule has 0 aromatic heterocycles. The van der Waals surface area contributed by atoms with Crippen molar-refractivity contribution in [2.45, 2.75) is 43.0 Å². The fourth-order valence-electron chi connectivity index (χ4n) is 3.24. The van der Waals surface area contributed by atoms with Gasteiger partial charge in [0.25, 0.3) is 0 Å². The smallest absolute Gasteiger partial charge is 0.324 e. The standard InChI is InChI=1S/C15H19NO4S/c1-20-15(17)14-6-3-9-16(14)21(18,19)13-8-7-11-4-2-5-12(11)10-13/h7-8,10,14H,2-6,9H2,1H3. The molecule has 0 spiro atoms. The molecule has 6 heteroatoms. The van der Waals surface area contributed by atoms with E-state index in [2.05, 4.69) is 0 Å². The number of aryl methyl sites for hydroxylation is 2. The van der Waals surface area contributed by atoms with Gasteiger partial charge in [0.1, 0.15) is 6.04 Å². The first-order valence-electron chi connectivity index (χ1n) is 7.25.